The monoisotopic (exact) mass is 644 g/mol. The minimum Gasteiger partial charge on any atom is -0.486 e. The average molecular weight is 645 g/mol. The fraction of sp³-hybridized carbons (Fsp3) is 0.286. The van der Waals surface area contributed by atoms with E-state index in [1.54, 1.807) is 0 Å². The number of nitrogens with zero attached hydrogens (tertiary/aromatic N) is 2. The molecule has 0 bridgehead atoms. The third kappa shape index (κ3) is 7.56. The van der Waals surface area contributed by atoms with Crippen molar-refractivity contribution in [3.63, 3.8) is 0 Å². The van der Waals surface area contributed by atoms with E-state index in [2.05, 4.69) is 4.98 Å². The lowest BCUT2D eigenvalue weighted by Crippen LogP contribution is -2.44. The zero-order valence-electron chi connectivity index (χ0n) is 22.4. The summed E-state index contributed by atoms with van der Waals surface area (Å²) in [7, 11) is -4.87. The van der Waals surface area contributed by atoms with Crippen molar-refractivity contribution in [2.75, 3.05) is 17.5 Å². The lowest BCUT2D eigenvalue weighted by Gasteiger charge is -2.36. The molecule has 1 aliphatic rings. The van der Waals surface area contributed by atoms with E-state index in [4.69, 9.17) is 26.2 Å². The maximum absolute atomic E-state index is 14.3. The van der Waals surface area contributed by atoms with Gasteiger partial charge in [-0.25, -0.2) is 17.8 Å². The van der Waals surface area contributed by atoms with E-state index in [0.717, 1.165) is 4.31 Å². The van der Waals surface area contributed by atoms with Crippen LogP contribution in [0.1, 0.15) is 36.5 Å². The van der Waals surface area contributed by atoms with Gasteiger partial charge in [0.2, 0.25) is 5.88 Å². The van der Waals surface area contributed by atoms with Gasteiger partial charge in [-0.3, -0.25) is 9.10 Å². The molecule has 0 fully saturated rings. The van der Waals surface area contributed by atoms with Gasteiger partial charge in [0.25, 0.3) is 10.0 Å². The normalized spacial score (nSPS) is 16.1. The molecule has 0 saturated heterocycles. The van der Waals surface area contributed by atoms with Crippen LogP contribution in [0.4, 0.5) is 23.2 Å². The molecule has 15 heteroatoms. The summed E-state index contributed by atoms with van der Waals surface area (Å²) < 4.78 is 95.2. The van der Waals surface area contributed by atoms with Gasteiger partial charge in [0, 0.05) is 18.2 Å². The Hall–Kier alpha value is -3.88. The lowest BCUT2D eigenvalue weighted by molar-refractivity contribution is -0.138. The number of pyridine rings is 1. The van der Waals surface area contributed by atoms with Crippen LogP contribution < -0.4 is 13.8 Å². The number of rotatable bonds is 10. The Morgan fingerprint density at radius 3 is 2.65 bits per heavy atom. The van der Waals surface area contributed by atoms with Crippen molar-refractivity contribution in [2.24, 2.45) is 0 Å². The predicted molar refractivity (Wildman–Crippen MR) is 149 cm³/mol. The van der Waals surface area contributed by atoms with E-state index in [9.17, 15) is 35.9 Å². The third-order valence-electron chi connectivity index (χ3n) is 6.21. The van der Waals surface area contributed by atoms with Crippen LogP contribution in [-0.2, 0) is 21.0 Å². The summed E-state index contributed by atoms with van der Waals surface area (Å²) in [6.45, 7) is 0.406. The number of hydrogen-bond acceptors (Lipinski definition) is 7. The molecule has 0 aliphatic carbocycles. The van der Waals surface area contributed by atoms with Crippen LogP contribution in [0.25, 0.3) is 12.2 Å². The molecular weight excluding hydrogens is 620 g/mol. The van der Waals surface area contributed by atoms with Gasteiger partial charge < -0.3 is 19.7 Å². The number of halogens is 5. The molecule has 0 saturated carbocycles. The predicted octanol–water partition coefficient (Wildman–Crippen LogP) is 5.64. The molecule has 1 aromatic heterocycles. The molecule has 0 unspecified atom stereocenters. The van der Waals surface area contributed by atoms with Gasteiger partial charge in [0.05, 0.1) is 28.9 Å². The minimum absolute atomic E-state index is 0.0117. The van der Waals surface area contributed by atoms with Crippen molar-refractivity contribution in [3.8, 4) is 11.6 Å². The number of aliphatic hydroxyl groups is 1. The Morgan fingerprint density at radius 1 is 1.26 bits per heavy atom. The van der Waals surface area contributed by atoms with Crippen LogP contribution >= 0.6 is 11.6 Å². The topological polar surface area (TPSA) is 126 Å². The first-order valence-corrected chi connectivity index (χ1v) is 14.5. The fourth-order valence-corrected chi connectivity index (χ4v) is 5.98. The smallest absolute Gasteiger partial charge is 0.417 e. The number of carbonyl (C=O) groups is 1. The summed E-state index contributed by atoms with van der Waals surface area (Å²) in [6.07, 6.45) is -4.26. The molecule has 0 spiro atoms. The Bertz CT molecular complexity index is 1630. The minimum atomic E-state index is -4.95. The third-order valence-corrected chi connectivity index (χ3v) is 8.32. The van der Waals surface area contributed by atoms with Crippen molar-refractivity contribution in [3.05, 3.63) is 76.2 Å². The summed E-state index contributed by atoms with van der Waals surface area (Å²) in [5.74, 6) is -2.42. The Balaban J connectivity index is 1.83. The molecule has 3 aromatic rings. The van der Waals surface area contributed by atoms with Crippen molar-refractivity contribution in [1.82, 2.24) is 4.98 Å². The largest absolute Gasteiger partial charge is 0.486 e. The van der Waals surface area contributed by atoms with E-state index in [1.165, 1.54) is 55.5 Å². The number of benzene rings is 2. The van der Waals surface area contributed by atoms with Crippen LogP contribution in [-0.4, -0.2) is 54.9 Å². The van der Waals surface area contributed by atoms with E-state index < -0.39 is 69.7 Å². The zero-order chi connectivity index (χ0) is 31.5. The quantitative estimate of drug-likeness (QED) is 0.214. The van der Waals surface area contributed by atoms with E-state index in [0.29, 0.717) is 17.8 Å². The Labute approximate surface area is 249 Å². The summed E-state index contributed by atoms with van der Waals surface area (Å²) in [5, 5.41) is 18.9. The average Bonchev–Trinajstić information content (AvgIpc) is 2.93. The highest BCUT2D eigenvalue weighted by molar-refractivity contribution is 7.93. The Kier molecular flexibility index (Phi) is 9.52. The second-order valence-electron chi connectivity index (χ2n) is 9.59. The number of anilines is 1. The molecule has 9 nitrogen and oxygen atoms in total. The highest BCUT2D eigenvalue weighted by Gasteiger charge is 2.39. The van der Waals surface area contributed by atoms with Crippen LogP contribution in [0.15, 0.2) is 53.6 Å². The second kappa shape index (κ2) is 12.8. The van der Waals surface area contributed by atoms with Gasteiger partial charge in [-0.05, 0) is 55.3 Å². The van der Waals surface area contributed by atoms with Crippen LogP contribution in [0.5, 0.6) is 11.6 Å². The standard InChI is InChI=1S/C28H25ClF4N2O7S/c1-16(36)15-41-27-25(12-18(13-34-27)28(31,32)33)43(39,40)35-14-19(7-10-26(37)38)42-24-9-6-17(11-23(24)35)5-8-20-21(29)3-2-4-22(20)30/h2-6,8-9,11-13,16,19,36H,7,10,14-15H2,1H3,(H,37,38)/t16-,19+/m1/s1. The molecule has 2 N–H and O–H groups in total. The number of ether oxygens (including phenoxy) is 2. The molecule has 0 amide bonds. The highest BCUT2D eigenvalue weighted by atomic mass is 35.5. The first-order chi connectivity index (χ1) is 20.2. The number of alkyl halides is 3. The number of aromatic nitrogens is 1. The molecule has 2 aromatic carbocycles. The summed E-state index contributed by atoms with van der Waals surface area (Å²) in [4.78, 5) is 13.8. The summed E-state index contributed by atoms with van der Waals surface area (Å²) in [5.41, 5.74) is -0.998. The van der Waals surface area contributed by atoms with Crippen LogP contribution in [0.3, 0.4) is 0 Å². The maximum atomic E-state index is 14.3. The van der Waals surface area contributed by atoms with Crippen LogP contribution in [0.2, 0.25) is 5.02 Å². The number of carboxylic acids is 1. The lowest BCUT2D eigenvalue weighted by atomic mass is 10.1. The van der Waals surface area contributed by atoms with Gasteiger partial charge in [0.15, 0.2) is 4.90 Å². The first kappa shape index (κ1) is 32.0. The highest BCUT2D eigenvalue weighted by Crippen LogP contribution is 2.41. The van der Waals surface area contributed by atoms with Crippen molar-refractivity contribution < 1.29 is 50.5 Å². The number of aliphatic hydroxyl groups excluding tert-OH is 1. The number of fused-ring (bicyclic) bond motifs is 1. The molecule has 2 atom stereocenters. The fourth-order valence-electron chi connectivity index (χ4n) is 4.14. The Morgan fingerprint density at radius 2 is 2.00 bits per heavy atom. The number of sulfonamides is 1. The molecule has 2 heterocycles. The van der Waals surface area contributed by atoms with E-state index in [1.807, 2.05) is 0 Å². The number of hydrogen-bond donors (Lipinski definition) is 2. The molecule has 230 valence electrons. The van der Waals surface area contributed by atoms with Crippen molar-refractivity contribution in [1.29, 1.82) is 0 Å². The van der Waals surface area contributed by atoms with Crippen LogP contribution in [0, 0.1) is 5.82 Å². The van der Waals surface area contributed by atoms with Gasteiger partial charge in [0.1, 0.15) is 24.3 Å². The van der Waals surface area contributed by atoms with Gasteiger partial charge in [-0.1, -0.05) is 29.8 Å². The summed E-state index contributed by atoms with van der Waals surface area (Å²) >= 11 is 6.08. The van der Waals surface area contributed by atoms with Gasteiger partial charge >= 0.3 is 12.1 Å². The molecule has 0 radical (unpaired) electrons. The van der Waals surface area contributed by atoms with Crippen molar-refractivity contribution in [2.45, 2.75) is 43.0 Å². The van der Waals surface area contributed by atoms with Gasteiger partial charge in [-0.2, -0.15) is 13.2 Å². The molecular formula is C28H25ClF4N2O7S. The SMILES string of the molecule is C[C@@H](O)COc1ncc(C(F)(F)F)cc1S(=O)(=O)N1C[C@H](CCC(=O)O)Oc2ccc(C=Cc3c(F)cccc3Cl)cc21. The zero-order valence-corrected chi connectivity index (χ0v) is 24.0. The van der Waals surface area contributed by atoms with Crippen molar-refractivity contribution >= 4 is 45.4 Å². The van der Waals surface area contributed by atoms with E-state index in [-0.39, 0.29) is 34.9 Å². The second-order valence-corrected chi connectivity index (χ2v) is 11.8. The molecule has 43 heavy (non-hydrogen) atoms. The number of carboxylic acid groups (broad SMARTS) is 1. The maximum Gasteiger partial charge on any atom is 0.417 e. The van der Waals surface area contributed by atoms with E-state index >= 15 is 0 Å². The molecule has 1 aliphatic heterocycles. The first-order valence-electron chi connectivity index (χ1n) is 12.7. The van der Waals surface area contributed by atoms with Gasteiger partial charge in [-0.15, -0.1) is 0 Å². The number of aliphatic carboxylic acids is 1. The molecule has 4 rings (SSSR count). The summed E-state index contributed by atoms with van der Waals surface area (Å²) in [6, 6.07) is 8.79.